The van der Waals surface area contributed by atoms with E-state index in [4.69, 9.17) is 16.3 Å². The van der Waals surface area contributed by atoms with Crippen molar-refractivity contribution in [1.82, 2.24) is 5.32 Å². The molecule has 6 heteroatoms. The van der Waals surface area contributed by atoms with E-state index >= 15 is 0 Å². The van der Waals surface area contributed by atoms with Crippen LogP contribution in [0.2, 0.25) is 5.02 Å². The maximum Gasteiger partial charge on any atom is 0.325 e. The maximum absolute atomic E-state index is 11.8. The van der Waals surface area contributed by atoms with Gasteiger partial charge in [-0.05, 0) is 45.0 Å². The zero-order chi connectivity index (χ0) is 15.9. The highest BCUT2D eigenvalue weighted by atomic mass is 35.5. The van der Waals surface area contributed by atoms with E-state index < -0.39 is 11.5 Å². The van der Waals surface area contributed by atoms with E-state index in [1.54, 1.807) is 19.1 Å². The van der Waals surface area contributed by atoms with Crippen molar-refractivity contribution >= 4 is 29.2 Å². The van der Waals surface area contributed by atoms with Gasteiger partial charge < -0.3 is 15.4 Å². The number of esters is 1. The van der Waals surface area contributed by atoms with Crippen molar-refractivity contribution in [3.8, 4) is 0 Å². The van der Waals surface area contributed by atoms with E-state index in [-0.39, 0.29) is 18.9 Å². The minimum Gasteiger partial charge on any atom is -0.465 e. The highest BCUT2D eigenvalue weighted by Crippen LogP contribution is 2.20. The van der Waals surface area contributed by atoms with Crippen molar-refractivity contribution in [1.29, 1.82) is 0 Å². The van der Waals surface area contributed by atoms with E-state index in [0.717, 1.165) is 5.69 Å². The summed E-state index contributed by atoms with van der Waals surface area (Å²) < 4.78 is 4.75. The number of amides is 1. The molecule has 1 aromatic rings. The quantitative estimate of drug-likeness (QED) is 0.759. The van der Waals surface area contributed by atoms with Gasteiger partial charge in [-0.1, -0.05) is 11.6 Å². The highest BCUT2D eigenvalue weighted by molar-refractivity contribution is 6.30. The molecule has 1 amide bonds. The molecule has 0 aliphatic heterocycles. The third kappa shape index (κ3) is 6.99. The summed E-state index contributed by atoms with van der Waals surface area (Å²) in [6.07, 6.45) is 0.231. The summed E-state index contributed by atoms with van der Waals surface area (Å²) >= 11 is 5.83. The number of carbonyl (C=O) groups is 2. The molecule has 2 N–H and O–H groups in total. The molecular formula is C15H21ClN2O3. The van der Waals surface area contributed by atoms with Crippen LogP contribution in [0.3, 0.4) is 0 Å². The number of hydrogen-bond acceptors (Lipinski definition) is 4. The van der Waals surface area contributed by atoms with Gasteiger partial charge in [0.15, 0.2) is 0 Å². The first-order chi connectivity index (χ1) is 9.82. The third-order valence-corrected chi connectivity index (χ3v) is 2.92. The number of benzene rings is 1. The molecular weight excluding hydrogens is 292 g/mol. The van der Waals surface area contributed by atoms with E-state index in [0.29, 0.717) is 11.6 Å². The maximum atomic E-state index is 11.8. The Labute approximate surface area is 130 Å². The zero-order valence-electron chi connectivity index (χ0n) is 12.5. The van der Waals surface area contributed by atoms with Crippen LogP contribution in [0.1, 0.15) is 27.2 Å². The number of nitrogens with one attached hydrogen (secondary N) is 2. The Morgan fingerprint density at radius 2 is 1.86 bits per heavy atom. The second kappa shape index (κ2) is 7.88. The number of ether oxygens (including phenoxy) is 1. The third-order valence-electron chi connectivity index (χ3n) is 2.66. The molecule has 0 radical (unpaired) electrons. The van der Waals surface area contributed by atoms with E-state index in [1.165, 1.54) is 0 Å². The monoisotopic (exact) mass is 312 g/mol. The molecule has 0 atom stereocenters. The molecule has 0 unspecified atom stereocenters. The van der Waals surface area contributed by atoms with Gasteiger partial charge in [0, 0.05) is 22.7 Å². The molecule has 21 heavy (non-hydrogen) atoms. The Morgan fingerprint density at radius 3 is 2.43 bits per heavy atom. The van der Waals surface area contributed by atoms with E-state index in [1.807, 2.05) is 26.0 Å². The summed E-state index contributed by atoms with van der Waals surface area (Å²) in [4.78, 5) is 23.0. The Balaban J connectivity index is 2.45. The van der Waals surface area contributed by atoms with Gasteiger partial charge in [0.1, 0.15) is 6.54 Å². The van der Waals surface area contributed by atoms with Crippen LogP contribution in [-0.2, 0) is 14.3 Å². The number of rotatable bonds is 7. The average molecular weight is 313 g/mol. The van der Waals surface area contributed by atoms with E-state index in [2.05, 4.69) is 10.6 Å². The van der Waals surface area contributed by atoms with Gasteiger partial charge >= 0.3 is 5.97 Å². The van der Waals surface area contributed by atoms with Gasteiger partial charge in [-0.15, -0.1) is 0 Å². The molecule has 0 fully saturated rings. The molecule has 0 saturated heterocycles. The standard InChI is InChI=1S/C15H21ClN2O3/c1-4-21-14(20)10-17-13(19)9-15(2,3)18-12-7-5-11(16)6-8-12/h5-8,18H,4,9-10H2,1-3H3,(H,17,19). The Morgan fingerprint density at radius 1 is 1.24 bits per heavy atom. The van der Waals surface area contributed by atoms with Crippen LogP contribution >= 0.6 is 11.6 Å². The average Bonchev–Trinajstić information content (AvgIpc) is 2.39. The van der Waals surface area contributed by atoms with Crippen molar-refractivity contribution in [3.05, 3.63) is 29.3 Å². The van der Waals surface area contributed by atoms with Gasteiger partial charge in [-0.3, -0.25) is 9.59 Å². The molecule has 1 rings (SSSR count). The fourth-order valence-corrected chi connectivity index (χ4v) is 1.94. The lowest BCUT2D eigenvalue weighted by Gasteiger charge is -2.27. The zero-order valence-corrected chi connectivity index (χ0v) is 13.3. The van der Waals surface area contributed by atoms with Crippen LogP contribution in [-0.4, -0.2) is 30.6 Å². The molecule has 0 spiro atoms. The Bertz CT molecular complexity index is 486. The molecule has 116 valence electrons. The summed E-state index contributed by atoms with van der Waals surface area (Å²) in [5.41, 5.74) is 0.426. The summed E-state index contributed by atoms with van der Waals surface area (Å²) in [5, 5.41) is 6.46. The molecule has 0 heterocycles. The van der Waals surface area contributed by atoms with Gasteiger partial charge in [0.25, 0.3) is 0 Å². The minimum atomic E-state index is -0.452. The molecule has 0 bridgehead atoms. The van der Waals surface area contributed by atoms with Crippen LogP contribution < -0.4 is 10.6 Å². The first-order valence-corrected chi connectivity index (χ1v) is 7.16. The lowest BCUT2D eigenvalue weighted by Crippen LogP contribution is -2.39. The second-order valence-electron chi connectivity index (χ2n) is 5.27. The molecule has 0 saturated carbocycles. The van der Waals surface area contributed by atoms with Crippen molar-refractivity contribution in [3.63, 3.8) is 0 Å². The lowest BCUT2D eigenvalue weighted by atomic mass is 9.99. The van der Waals surface area contributed by atoms with Crippen LogP contribution in [0, 0.1) is 0 Å². The van der Waals surface area contributed by atoms with Crippen LogP contribution in [0.4, 0.5) is 5.69 Å². The predicted molar refractivity (Wildman–Crippen MR) is 83.4 cm³/mol. The smallest absolute Gasteiger partial charge is 0.325 e. The highest BCUT2D eigenvalue weighted by Gasteiger charge is 2.22. The normalized spacial score (nSPS) is 10.9. The van der Waals surface area contributed by atoms with Gasteiger partial charge in [0.2, 0.25) is 5.91 Å². The molecule has 1 aromatic carbocycles. The van der Waals surface area contributed by atoms with Gasteiger partial charge in [0.05, 0.1) is 6.61 Å². The van der Waals surface area contributed by atoms with Gasteiger partial charge in [-0.2, -0.15) is 0 Å². The fraction of sp³-hybridized carbons (Fsp3) is 0.467. The molecule has 0 aliphatic carbocycles. The van der Waals surface area contributed by atoms with Crippen LogP contribution in [0.25, 0.3) is 0 Å². The molecule has 0 aliphatic rings. The lowest BCUT2D eigenvalue weighted by molar-refractivity contribution is -0.143. The van der Waals surface area contributed by atoms with Crippen molar-refractivity contribution in [2.75, 3.05) is 18.5 Å². The molecule has 5 nitrogen and oxygen atoms in total. The molecule has 0 aromatic heterocycles. The summed E-state index contributed by atoms with van der Waals surface area (Å²) in [6, 6.07) is 7.25. The number of anilines is 1. The number of hydrogen-bond donors (Lipinski definition) is 2. The SMILES string of the molecule is CCOC(=O)CNC(=O)CC(C)(C)Nc1ccc(Cl)cc1. The second-order valence-corrected chi connectivity index (χ2v) is 5.71. The first kappa shape index (κ1) is 17.3. The van der Waals surface area contributed by atoms with Crippen molar-refractivity contribution < 1.29 is 14.3 Å². The fourth-order valence-electron chi connectivity index (χ4n) is 1.81. The number of carbonyl (C=O) groups excluding carboxylic acids is 2. The summed E-state index contributed by atoms with van der Waals surface area (Å²) in [5.74, 6) is -0.649. The van der Waals surface area contributed by atoms with Crippen LogP contribution in [0.15, 0.2) is 24.3 Å². The van der Waals surface area contributed by atoms with E-state index in [9.17, 15) is 9.59 Å². The Kier molecular flexibility index (Phi) is 6.49. The van der Waals surface area contributed by atoms with Crippen molar-refractivity contribution in [2.24, 2.45) is 0 Å². The number of halogens is 1. The summed E-state index contributed by atoms with van der Waals surface area (Å²) in [6.45, 7) is 5.73. The van der Waals surface area contributed by atoms with Crippen LogP contribution in [0.5, 0.6) is 0 Å². The Hall–Kier alpha value is -1.75. The van der Waals surface area contributed by atoms with Crippen molar-refractivity contribution in [2.45, 2.75) is 32.7 Å². The topological polar surface area (TPSA) is 67.4 Å². The first-order valence-electron chi connectivity index (χ1n) is 6.78. The summed E-state index contributed by atoms with van der Waals surface area (Å²) in [7, 11) is 0. The largest absolute Gasteiger partial charge is 0.465 e. The van der Waals surface area contributed by atoms with Gasteiger partial charge in [-0.25, -0.2) is 0 Å². The minimum absolute atomic E-state index is 0.107. The predicted octanol–water partition coefficient (Wildman–Crippen LogP) is 2.60.